The van der Waals surface area contributed by atoms with Gasteiger partial charge in [-0.05, 0) is 0 Å². The van der Waals surface area contributed by atoms with Crippen molar-refractivity contribution in [1.29, 1.82) is 5.26 Å². The van der Waals surface area contributed by atoms with Gasteiger partial charge in [-0.25, -0.2) is 4.98 Å². The Morgan fingerprint density at radius 1 is 1.50 bits per heavy atom. The molecule has 0 bridgehead atoms. The molecule has 0 fully saturated rings. The minimum Gasteiger partial charge on any atom is -0.368 e. The molecule has 0 aliphatic carbocycles. The molecule has 1 aromatic heterocycles. The number of rotatable bonds is 4. The topological polar surface area (TPSA) is 64.8 Å². The highest BCUT2D eigenvalue weighted by atomic mass is 15.2. The highest BCUT2D eigenvalue weighted by molar-refractivity contribution is 5.42. The molecule has 0 saturated carbocycles. The fourth-order valence-electron chi connectivity index (χ4n) is 0.903. The molecule has 0 aliphatic rings. The first-order valence-electron chi connectivity index (χ1n) is 4.34. The van der Waals surface area contributed by atoms with E-state index >= 15 is 0 Å². The third-order valence-corrected chi connectivity index (χ3v) is 1.62. The lowest BCUT2D eigenvalue weighted by Gasteiger charge is -2.11. The molecule has 0 radical (unpaired) electrons. The Kier molecular flexibility index (Phi) is 3.68. The van der Waals surface area contributed by atoms with E-state index in [1.165, 1.54) is 0 Å². The maximum Gasteiger partial charge on any atom is 0.149 e. The number of nitrogens with one attached hydrogen (secondary N) is 1. The quantitative estimate of drug-likeness (QED) is 0.715. The third-order valence-electron chi connectivity index (χ3n) is 1.62. The summed E-state index contributed by atoms with van der Waals surface area (Å²) in [5, 5.41) is 11.4. The van der Waals surface area contributed by atoms with Crippen LogP contribution in [0.3, 0.4) is 0 Å². The van der Waals surface area contributed by atoms with E-state index in [0.29, 0.717) is 18.8 Å². The maximum absolute atomic E-state index is 8.35. The molecule has 0 spiro atoms. The van der Waals surface area contributed by atoms with Crippen molar-refractivity contribution in [2.75, 3.05) is 30.9 Å². The summed E-state index contributed by atoms with van der Waals surface area (Å²) >= 11 is 0. The van der Waals surface area contributed by atoms with E-state index in [1.54, 1.807) is 12.4 Å². The molecule has 1 rings (SSSR count). The summed E-state index contributed by atoms with van der Waals surface area (Å²) in [6.07, 6.45) is 3.80. The maximum atomic E-state index is 8.35. The molecule has 0 saturated heterocycles. The SMILES string of the molecule is CN(C)c1cncc(NCCC#N)n1. The molecule has 0 unspecified atom stereocenters. The molecule has 1 aromatic rings. The third kappa shape index (κ3) is 2.90. The zero-order valence-corrected chi connectivity index (χ0v) is 8.36. The highest BCUT2D eigenvalue weighted by Crippen LogP contribution is 2.08. The zero-order chi connectivity index (χ0) is 10.4. The van der Waals surface area contributed by atoms with Crippen molar-refractivity contribution in [3.63, 3.8) is 0 Å². The predicted octanol–water partition coefficient (Wildman–Crippen LogP) is 0.868. The molecule has 1 N–H and O–H groups in total. The van der Waals surface area contributed by atoms with E-state index in [0.717, 1.165) is 5.82 Å². The average Bonchev–Trinajstić information content (AvgIpc) is 2.19. The Labute approximate surface area is 83.4 Å². The molecule has 0 aromatic carbocycles. The van der Waals surface area contributed by atoms with Gasteiger partial charge >= 0.3 is 0 Å². The molecule has 74 valence electrons. The van der Waals surface area contributed by atoms with Crippen molar-refractivity contribution < 1.29 is 0 Å². The van der Waals surface area contributed by atoms with Crippen molar-refractivity contribution in [2.24, 2.45) is 0 Å². The molecule has 5 nitrogen and oxygen atoms in total. The Morgan fingerprint density at radius 3 is 2.93 bits per heavy atom. The van der Waals surface area contributed by atoms with Gasteiger partial charge in [0.2, 0.25) is 0 Å². The van der Waals surface area contributed by atoms with Crippen molar-refractivity contribution in [3.8, 4) is 6.07 Å². The molecule has 14 heavy (non-hydrogen) atoms. The Balaban J connectivity index is 2.60. The number of hydrogen-bond acceptors (Lipinski definition) is 5. The smallest absolute Gasteiger partial charge is 0.149 e. The minimum atomic E-state index is 0.466. The van der Waals surface area contributed by atoms with Gasteiger partial charge in [-0.3, -0.25) is 4.98 Å². The molecular formula is C9H13N5. The van der Waals surface area contributed by atoms with Gasteiger partial charge in [0.25, 0.3) is 0 Å². The summed E-state index contributed by atoms with van der Waals surface area (Å²) in [7, 11) is 3.81. The van der Waals surface area contributed by atoms with Crippen molar-refractivity contribution in [1.82, 2.24) is 9.97 Å². The first-order valence-corrected chi connectivity index (χ1v) is 4.34. The van der Waals surface area contributed by atoms with Crippen LogP contribution in [0.2, 0.25) is 0 Å². The number of nitrogens with zero attached hydrogens (tertiary/aromatic N) is 4. The Hall–Kier alpha value is -1.83. The van der Waals surface area contributed by atoms with Gasteiger partial charge in [0, 0.05) is 20.6 Å². The number of hydrogen-bond donors (Lipinski definition) is 1. The van der Waals surface area contributed by atoms with Crippen LogP contribution in [0.25, 0.3) is 0 Å². The lowest BCUT2D eigenvalue weighted by Crippen LogP contribution is -2.12. The van der Waals surface area contributed by atoms with Crippen LogP contribution in [0.4, 0.5) is 11.6 Å². The molecular weight excluding hydrogens is 178 g/mol. The van der Waals surface area contributed by atoms with Crippen molar-refractivity contribution in [3.05, 3.63) is 12.4 Å². The second kappa shape index (κ2) is 5.02. The monoisotopic (exact) mass is 191 g/mol. The number of aromatic nitrogens is 2. The van der Waals surface area contributed by atoms with Gasteiger partial charge in [0.15, 0.2) is 0 Å². The van der Waals surface area contributed by atoms with Crippen LogP contribution in [0.5, 0.6) is 0 Å². The summed E-state index contributed by atoms with van der Waals surface area (Å²) in [5.74, 6) is 1.50. The second-order valence-corrected chi connectivity index (χ2v) is 2.99. The van der Waals surface area contributed by atoms with Crippen molar-refractivity contribution >= 4 is 11.6 Å². The van der Waals surface area contributed by atoms with Gasteiger partial charge in [-0.2, -0.15) is 5.26 Å². The average molecular weight is 191 g/mol. The minimum absolute atomic E-state index is 0.466. The van der Waals surface area contributed by atoms with Gasteiger partial charge in [0.1, 0.15) is 11.6 Å². The van der Waals surface area contributed by atoms with Gasteiger partial charge < -0.3 is 10.2 Å². The van der Waals surface area contributed by atoms with Crippen LogP contribution in [0, 0.1) is 11.3 Å². The summed E-state index contributed by atoms with van der Waals surface area (Å²) in [4.78, 5) is 10.2. The largest absolute Gasteiger partial charge is 0.368 e. The summed E-state index contributed by atoms with van der Waals surface area (Å²) in [6.45, 7) is 0.599. The van der Waals surface area contributed by atoms with Crippen molar-refractivity contribution in [2.45, 2.75) is 6.42 Å². The molecule has 0 amide bonds. The van der Waals surface area contributed by atoms with E-state index in [1.807, 2.05) is 19.0 Å². The first kappa shape index (κ1) is 10.3. The molecule has 0 atom stereocenters. The Bertz CT molecular complexity index is 328. The van der Waals surface area contributed by atoms with Gasteiger partial charge in [0.05, 0.1) is 24.9 Å². The lowest BCUT2D eigenvalue weighted by molar-refractivity contribution is 1.01. The van der Waals surface area contributed by atoms with E-state index < -0.39 is 0 Å². The Morgan fingerprint density at radius 2 is 2.29 bits per heavy atom. The molecule has 0 aliphatic heterocycles. The van der Waals surface area contributed by atoms with E-state index in [4.69, 9.17) is 5.26 Å². The van der Waals surface area contributed by atoms with E-state index in [2.05, 4.69) is 21.4 Å². The number of anilines is 2. The fraction of sp³-hybridized carbons (Fsp3) is 0.444. The normalized spacial score (nSPS) is 9.21. The first-order chi connectivity index (χ1) is 6.74. The molecule has 5 heteroatoms. The number of nitriles is 1. The van der Waals surface area contributed by atoms with E-state index in [-0.39, 0.29) is 0 Å². The van der Waals surface area contributed by atoms with Crippen LogP contribution in [-0.4, -0.2) is 30.6 Å². The van der Waals surface area contributed by atoms with Gasteiger partial charge in [-0.1, -0.05) is 0 Å². The van der Waals surface area contributed by atoms with Crippen LogP contribution in [0.15, 0.2) is 12.4 Å². The van der Waals surface area contributed by atoms with Crippen LogP contribution < -0.4 is 10.2 Å². The fourth-order valence-corrected chi connectivity index (χ4v) is 0.903. The van der Waals surface area contributed by atoms with Crippen LogP contribution in [-0.2, 0) is 0 Å². The van der Waals surface area contributed by atoms with Crippen LogP contribution >= 0.6 is 0 Å². The predicted molar refractivity (Wildman–Crippen MR) is 55.1 cm³/mol. The molecule has 1 heterocycles. The lowest BCUT2D eigenvalue weighted by atomic mass is 10.4. The summed E-state index contributed by atoms with van der Waals surface area (Å²) < 4.78 is 0. The van der Waals surface area contributed by atoms with Gasteiger partial charge in [-0.15, -0.1) is 0 Å². The van der Waals surface area contributed by atoms with E-state index in [9.17, 15) is 0 Å². The summed E-state index contributed by atoms with van der Waals surface area (Å²) in [6, 6.07) is 2.05. The standard InChI is InChI=1S/C9H13N5/c1-14(2)9-7-11-6-8(13-9)12-5-3-4-10/h6-7H,3,5H2,1-2H3,(H,12,13). The second-order valence-electron chi connectivity index (χ2n) is 2.99. The highest BCUT2D eigenvalue weighted by Gasteiger charge is 1.98. The van der Waals surface area contributed by atoms with Crippen LogP contribution in [0.1, 0.15) is 6.42 Å². The summed E-state index contributed by atoms with van der Waals surface area (Å²) in [5.41, 5.74) is 0. The zero-order valence-electron chi connectivity index (χ0n) is 8.36.